The summed E-state index contributed by atoms with van der Waals surface area (Å²) in [5.41, 5.74) is 3.06. The van der Waals surface area contributed by atoms with Crippen LogP contribution in [0.25, 0.3) is 0 Å². The number of carbonyl (C=O) groups is 1. The maximum Gasteiger partial charge on any atom is 0.238 e. The van der Waals surface area contributed by atoms with Gasteiger partial charge in [-0.05, 0) is 48.9 Å². The molecule has 3 rings (SSSR count). The van der Waals surface area contributed by atoms with Crippen molar-refractivity contribution in [3.05, 3.63) is 57.5 Å². The molecule has 0 spiro atoms. The van der Waals surface area contributed by atoms with Gasteiger partial charge >= 0.3 is 0 Å². The summed E-state index contributed by atoms with van der Waals surface area (Å²) in [6.45, 7) is 5.93. The van der Waals surface area contributed by atoms with Crippen molar-refractivity contribution in [2.24, 2.45) is 0 Å². The number of hydrogen-bond donors (Lipinski definition) is 1. The molecule has 0 saturated carbocycles. The first-order chi connectivity index (χ1) is 12.0. The third-order valence-corrected chi connectivity index (χ3v) is 5.32. The second-order valence-corrected chi connectivity index (χ2v) is 7.57. The van der Waals surface area contributed by atoms with Crippen LogP contribution in [0.5, 0.6) is 0 Å². The Bertz CT molecular complexity index is 743. The Labute approximate surface area is 161 Å². The summed E-state index contributed by atoms with van der Waals surface area (Å²) >= 11 is 9.61. The Morgan fingerprint density at radius 2 is 1.80 bits per heavy atom. The zero-order valence-corrected chi connectivity index (χ0v) is 16.5. The molecule has 2 aromatic rings. The van der Waals surface area contributed by atoms with E-state index < -0.39 is 0 Å². The number of halogens is 2. The Kier molecular flexibility index (Phi) is 5.99. The molecule has 1 aliphatic rings. The van der Waals surface area contributed by atoms with E-state index >= 15 is 0 Å². The van der Waals surface area contributed by atoms with E-state index in [0.717, 1.165) is 52.6 Å². The van der Waals surface area contributed by atoms with E-state index in [1.807, 2.05) is 37.3 Å². The molecule has 132 valence electrons. The lowest BCUT2D eigenvalue weighted by Crippen LogP contribution is -2.48. The third-order valence-electron chi connectivity index (χ3n) is 4.39. The van der Waals surface area contributed by atoms with Crippen molar-refractivity contribution in [3.8, 4) is 0 Å². The number of amides is 1. The van der Waals surface area contributed by atoms with Crippen molar-refractivity contribution in [2.45, 2.75) is 6.92 Å². The zero-order valence-electron chi connectivity index (χ0n) is 14.1. The highest BCUT2D eigenvalue weighted by molar-refractivity contribution is 9.10. The van der Waals surface area contributed by atoms with E-state index in [-0.39, 0.29) is 5.91 Å². The maximum atomic E-state index is 12.2. The molecule has 1 N–H and O–H groups in total. The molecule has 0 aromatic heterocycles. The predicted molar refractivity (Wildman–Crippen MR) is 108 cm³/mol. The van der Waals surface area contributed by atoms with Gasteiger partial charge in [0.15, 0.2) is 0 Å². The summed E-state index contributed by atoms with van der Waals surface area (Å²) < 4.78 is 0.998. The van der Waals surface area contributed by atoms with Gasteiger partial charge in [0, 0.05) is 47.0 Å². The zero-order chi connectivity index (χ0) is 17.8. The van der Waals surface area contributed by atoms with Crippen LogP contribution in [-0.2, 0) is 4.79 Å². The molecule has 1 heterocycles. The highest BCUT2D eigenvalue weighted by Gasteiger charge is 2.19. The van der Waals surface area contributed by atoms with Crippen molar-refractivity contribution in [3.63, 3.8) is 0 Å². The van der Waals surface area contributed by atoms with Gasteiger partial charge in [0.2, 0.25) is 5.91 Å². The first kappa shape index (κ1) is 18.2. The maximum absolute atomic E-state index is 12.2. The van der Waals surface area contributed by atoms with Gasteiger partial charge in [-0.25, -0.2) is 0 Å². The molecule has 0 radical (unpaired) electrons. The molecule has 6 heteroatoms. The first-order valence-corrected chi connectivity index (χ1v) is 9.47. The summed E-state index contributed by atoms with van der Waals surface area (Å²) in [4.78, 5) is 16.7. The smallest absolute Gasteiger partial charge is 0.238 e. The van der Waals surface area contributed by atoms with Crippen LogP contribution in [-0.4, -0.2) is 43.5 Å². The lowest BCUT2D eigenvalue weighted by Gasteiger charge is -2.35. The van der Waals surface area contributed by atoms with E-state index in [0.29, 0.717) is 6.54 Å². The van der Waals surface area contributed by atoms with Crippen molar-refractivity contribution in [2.75, 3.05) is 42.9 Å². The fourth-order valence-corrected chi connectivity index (χ4v) is 3.32. The molecule has 0 bridgehead atoms. The molecule has 25 heavy (non-hydrogen) atoms. The number of nitrogens with zero attached hydrogens (tertiary/aromatic N) is 2. The SMILES string of the molecule is Cc1ccc(N2CCN(CC(=O)Nc3ccc(Br)cc3)CC2)cc1Cl. The van der Waals surface area contributed by atoms with Gasteiger partial charge in [0.1, 0.15) is 0 Å². The molecular formula is C19H21BrClN3O. The minimum Gasteiger partial charge on any atom is -0.369 e. The highest BCUT2D eigenvalue weighted by Crippen LogP contribution is 2.24. The Balaban J connectivity index is 1.49. The molecule has 0 unspecified atom stereocenters. The van der Waals surface area contributed by atoms with Crippen LogP contribution in [0.1, 0.15) is 5.56 Å². The van der Waals surface area contributed by atoms with E-state index in [9.17, 15) is 4.79 Å². The second-order valence-electron chi connectivity index (χ2n) is 6.25. The number of carbonyl (C=O) groups excluding carboxylic acids is 1. The van der Waals surface area contributed by atoms with E-state index in [2.05, 4.69) is 43.2 Å². The van der Waals surface area contributed by atoms with Crippen LogP contribution in [0.3, 0.4) is 0 Å². The number of aryl methyl sites for hydroxylation is 1. The standard InChI is InChI=1S/C19H21BrClN3O/c1-14-2-7-17(12-18(14)21)24-10-8-23(9-11-24)13-19(25)22-16-5-3-15(20)4-6-16/h2-7,12H,8-11,13H2,1H3,(H,22,25). The van der Waals surface area contributed by atoms with Crippen LogP contribution in [0.2, 0.25) is 5.02 Å². The predicted octanol–water partition coefficient (Wildman–Crippen LogP) is 4.17. The normalized spacial score (nSPS) is 15.2. The minimum atomic E-state index is 0.0224. The summed E-state index contributed by atoms with van der Waals surface area (Å²) in [6, 6.07) is 13.8. The fourth-order valence-electron chi connectivity index (χ4n) is 2.88. The lowest BCUT2D eigenvalue weighted by atomic mass is 10.2. The number of benzene rings is 2. The molecule has 1 saturated heterocycles. The average Bonchev–Trinajstić information content (AvgIpc) is 2.60. The van der Waals surface area contributed by atoms with Gasteiger partial charge in [-0.3, -0.25) is 9.69 Å². The van der Waals surface area contributed by atoms with Crippen LogP contribution in [0.15, 0.2) is 46.9 Å². The molecule has 1 amide bonds. The summed E-state index contributed by atoms with van der Waals surface area (Å²) in [6.07, 6.45) is 0. The monoisotopic (exact) mass is 421 g/mol. The quantitative estimate of drug-likeness (QED) is 0.803. The minimum absolute atomic E-state index is 0.0224. The van der Waals surface area contributed by atoms with Crippen LogP contribution >= 0.6 is 27.5 Å². The lowest BCUT2D eigenvalue weighted by molar-refractivity contribution is -0.117. The van der Waals surface area contributed by atoms with Crippen molar-refractivity contribution < 1.29 is 4.79 Å². The first-order valence-electron chi connectivity index (χ1n) is 8.30. The molecule has 0 aliphatic carbocycles. The van der Waals surface area contributed by atoms with Gasteiger partial charge < -0.3 is 10.2 Å². The van der Waals surface area contributed by atoms with Crippen molar-refractivity contribution in [1.82, 2.24) is 4.90 Å². The Morgan fingerprint density at radius 3 is 2.44 bits per heavy atom. The van der Waals surface area contributed by atoms with E-state index in [1.54, 1.807) is 0 Å². The van der Waals surface area contributed by atoms with Gasteiger partial charge in [0.25, 0.3) is 0 Å². The molecule has 1 fully saturated rings. The molecular weight excluding hydrogens is 402 g/mol. The summed E-state index contributed by atoms with van der Waals surface area (Å²) in [7, 11) is 0. The number of anilines is 2. The number of rotatable bonds is 4. The van der Waals surface area contributed by atoms with Gasteiger partial charge in [-0.15, -0.1) is 0 Å². The Hall–Kier alpha value is -1.56. The molecule has 1 aliphatic heterocycles. The summed E-state index contributed by atoms with van der Waals surface area (Å²) in [5.74, 6) is 0.0224. The van der Waals surface area contributed by atoms with E-state index in [1.165, 1.54) is 0 Å². The van der Waals surface area contributed by atoms with E-state index in [4.69, 9.17) is 11.6 Å². The molecule has 0 atom stereocenters. The number of hydrogen-bond acceptors (Lipinski definition) is 3. The van der Waals surface area contributed by atoms with Crippen molar-refractivity contribution >= 4 is 44.8 Å². The second kappa shape index (κ2) is 8.21. The van der Waals surface area contributed by atoms with Gasteiger partial charge in [-0.1, -0.05) is 33.6 Å². The Morgan fingerprint density at radius 1 is 1.12 bits per heavy atom. The third kappa shape index (κ3) is 4.97. The van der Waals surface area contributed by atoms with Crippen LogP contribution < -0.4 is 10.2 Å². The topological polar surface area (TPSA) is 35.6 Å². The highest BCUT2D eigenvalue weighted by atomic mass is 79.9. The van der Waals surface area contributed by atoms with Gasteiger partial charge in [-0.2, -0.15) is 0 Å². The van der Waals surface area contributed by atoms with Crippen molar-refractivity contribution in [1.29, 1.82) is 0 Å². The fraction of sp³-hybridized carbons (Fsp3) is 0.316. The van der Waals surface area contributed by atoms with Gasteiger partial charge in [0.05, 0.1) is 6.54 Å². The number of piperazine rings is 1. The largest absolute Gasteiger partial charge is 0.369 e. The number of nitrogens with one attached hydrogen (secondary N) is 1. The molecule has 4 nitrogen and oxygen atoms in total. The van der Waals surface area contributed by atoms with Crippen LogP contribution in [0, 0.1) is 6.92 Å². The average molecular weight is 423 g/mol. The summed E-state index contributed by atoms with van der Waals surface area (Å²) in [5, 5.41) is 3.74. The molecule has 2 aromatic carbocycles. The van der Waals surface area contributed by atoms with Crippen LogP contribution in [0.4, 0.5) is 11.4 Å².